The topological polar surface area (TPSA) is 71.4 Å². The molecule has 1 aliphatic heterocycles. The highest BCUT2D eigenvalue weighted by Gasteiger charge is 2.35. The van der Waals surface area contributed by atoms with Crippen molar-refractivity contribution in [3.8, 4) is 0 Å². The molecule has 1 saturated heterocycles. The maximum atomic E-state index is 13.7. The van der Waals surface area contributed by atoms with Crippen molar-refractivity contribution in [3.63, 3.8) is 0 Å². The number of nitrogens with zero attached hydrogens (tertiary/aromatic N) is 2. The van der Waals surface area contributed by atoms with Gasteiger partial charge in [0.15, 0.2) is 0 Å². The van der Waals surface area contributed by atoms with E-state index in [2.05, 4.69) is 10.8 Å². The number of nitrogens with one attached hydrogen (secondary N) is 1. The van der Waals surface area contributed by atoms with Crippen LogP contribution in [-0.4, -0.2) is 36.9 Å². The maximum absolute atomic E-state index is 13.7. The van der Waals surface area contributed by atoms with Gasteiger partial charge in [-0.1, -0.05) is 37.1 Å². The molecule has 1 aromatic heterocycles. The number of aryl methyl sites for hydroxylation is 1. The second-order valence-corrected chi connectivity index (χ2v) is 10.6. The molecule has 0 radical (unpaired) electrons. The van der Waals surface area contributed by atoms with E-state index in [4.69, 9.17) is 0 Å². The first-order valence-electron chi connectivity index (χ1n) is 11.4. The second kappa shape index (κ2) is 8.79. The standard InChI is InChI=1S/C24H33N3O3S/c1-17-22(24(28)27-15-8-4-5-9-16-27)23(18(2)26(17)3)31(29,30)25-21-14-10-12-19-11-6-7-13-20(19)21/h6-7,11,13,21,25H,4-5,8-10,12,14-16H2,1-3H3/t21-/m0/s1. The average molecular weight is 444 g/mol. The smallest absolute Gasteiger partial charge is 0.257 e. The van der Waals surface area contributed by atoms with Gasteiger partial charge < -0.3 is 9.47 Å². The first kappa shape index (κ1) is 22.1. The van der Waals surface area contributed by atoms with E-state index >= 15 is 0 Å². The Balaban J connectivity index is 1.72. The van der Waals surface area contributed by atoms with Crippen LogP contribution in [0.4, 0.5) is 0 Å². The van der Waals surface area contributed by atoms with Crippen LogP contribution in [0.1, 0.15) is 77.4 Å². The first-order chi connectivity index (χ1) is 14.8. The average Bonchev–Trinajstić information content (AvgIpc) is 2.95. The number of rotatable bonds is 4. The van der Waals surface area contributed by atoms with Crippen LogP contribution >= 0.6 is 0 Å². The third kappa shape index (κ3) is 4.17. The van der Waals surface area contributed by atoms with Gasteiger partial charge in [0.1, 0.15) is 4.90 Å². The zero-order valence-corrected chi connectivity index (χ0v) is 19.6. The number of hydrogen-bond acceptors (Lipinski definition) is 3. The van der Waals surface area contributed by atoms with Crippen molar-refractivity contribution in [2.75, 3.05) is 13.1 Å². The number of benzene rings is 1. The number of amides is 1. The van der Waals surface area contributed by atoms with E-state index in [1.807, 2.05) is 41.6 Å². The van der Waals surface area contributed by atoms with Crippen LogP contribution < -0.4 is 4.72 Å². The molecule has 4 rings (SSSR count). The lowest BCUT2D eigenvalue weighted by Crippen LogP contribution is -2.35. The van der Waals surface area contributed by atoms with Gasteiger partial charge in [0, 0.05) is 37.6 Å². The van der Waals surface area contributed by atoms with Gasteiger partial charge in [-0.05, 0) is 57.1 Å². The van der Waals surface area contributed by atoms with Crippen LogP contribution in [0.25, 0.3) is 0 Å². The summed E-state index contributed by atoms with van der Waals surface area (Å²) in [6, 6.07) is 7.77. The molecule has 1 aliphatic carbocycles. The van der Waals surface area contributed by atoms with Crippen molar-refractivity contribution in [2.24, 2.45) is 7.05 Å². The van der Waals surface area contributed by atoms with Gasteiger partial charge in [0.25, 0.3) is 5.91 Å². The summed E-state index contributed by atoms with van der Waals surface area (Å²) in [7, 11) is -2.04. The molecule has 1 amide bonds. The minimum absolute atomic E-state index is 0.143. The lowest BCUT2D eigenvalue weighted by atomic mass is 9.88. The Bertz CT molecular complexity index is 1080. The van der Waals surface area contributed by atoms with Crippen LogP contribution in [0.5, 0.6) is 0 Å². The van der Waals surface area contributed by atoms with Crippen molar-refractivity contribution < 1.29 is 13.2 Å². The van der Waals surface area contributed by atoms with Crippen molar-refractivity contribution in [2.45, 2.75) is 69.7 Å². The van der Waals surface area contributed by atoms with Crippen molar-refractivity contribution in [1.29, 1.82) is 0 Å². The summed E-state index contributed by atoms with van der Waals surface area (Å²) < 4.78 is 32.1. The largest absolute Gasteiger partial charge is 0.350 e. The Hall–Kier alpha value is -2.12. The summed E-state index contributed by atoms with van der Waals surface area (Å²) in [5.74, 6) is -0.160. The monoisotopic (exact) mass is 443 g/mol. The number of fused-ring (bicyclic) bond motifs is 1. The third-order valence-corrected chi connectivity index (χ3v) is 8.60. The van der Waals surface area contributed by atoms with Gasteiger partial charge in [-0.15, -0.1) is 0 Å². The third-order valence-electron chi connectivity index (χ3n) is 6.97. The normalized spacial score (nSPS) is 19.7. The Morgan fingerprint density at radius 2 is 1.68 bits per heavy atom. The summed E-state index contributed by atoms with van der Waals surface area (Å²) in [6.45, 7) is 5.01. The minimum Gasteiger partial charge on any atom is -0.350 e. The fourth-order valence-electron chi connectivity index (χ4n) is 5.05. The molecule has 1 N–H and O–H groups in total. The summed E-state index contributed by atoms with van der Waals surface area (Å²) in [6.07, 6.45) is 6.84. The molecule has 0 bridgehead atoms. The van der Waals surface area contributed by atoms with E-state index in [-0.39, 0.29) is 16.8 Å². The number of hydrogen-bond donors (Lipinski definition) is 1. The van der Waals surface area contributed by atoms with E-state index < -0.39 is 10.0 Å². The molecular formula is C24H33N3O3S. The van der Waals surface area contributed by atoms with Crippen LogP contribution in [0.3, 0.4) is 0 Å². The van der Waals surface area contributed by atoms with Crippen molar-refractivity contribution in [1.82, 2.24) is 14.2 Å². The van der Waals surface area contributed by atoms with Crippen LogP contribution in [0.2, 0.25) is 0 Å². The number of carbonyl (C=O) groups excluding carboxylic acids is 1. The molecule has 1 aromatic carbocycles. The molecule has 7 heteroatoms. The highest BCUT2D eigenvalue weighted by Crippen LogP contribution is 2.33. The SMILES string of the molecule is Cc1c(C(=O)N2CCCCCC2)c(S(=O)(=O)N[C@H]2CCCc3ccccc32)c(C)n1C. The van der Waals surface area contributed by atoms with Crippen LogP contribution in [0.15, 0.2) is 29.2 Å². The predicted octanol–water partition coefficient (Wildman–Crippen LogP) is 4.01. The number of carbonyl (C=O) groups is 1. The first-order valence-corrected chi connectivity index (χ1v) is 12.8. The molecule has 1 atom stereocenters. The van der Waals surface area contributed by atoms with E-state index in [9.17, 15) is 13.2 Å². The van der Waals surface area contributed by atoms with E-state index in [0.29, 0.717) is 30.0 Å². The zero-order chi connectivity index (χ0) is 22.2. The Morgan fingerprint density at radius 1 is 1.00 bits per heavy atom. The summed E-state index contributed by atoms with van der Waals surface area (Å²) >= 11 is 0. The zero-order valence-electron chi connectivity index (χ0n) is 18.8. The molecule has 1 fully saturated rings. The number of sulfonamides is 1. The number of likely N-dealkylation sites (tertiary alicyclic amines) is 1. The lowest BCUT2D eigenvalue weighted by molar-refractivity contribution is 0.0757. The Kier molecular flexibility index (Phi) is 6.26. The van der Waals surface area contributed by atoms with Crippen LogP contribution in [-0.2, 0) is 23.5 Å². The Labute approximate surface area is 185 Å². The van der Waals surface area contributed by atoms with Gasteiger partial charge in [-0.25, -0.2) is 13.1 Å². The quantitative estimate of drug-likeness (QED) is 0.776. The molecular weight excluding hydrogens is 410 g/mol. The van der Waals surface area contributed by atoms with Crippen molar-refractivity contribution in [3.05, 3.63) is 52.3 Å². The molecule has 0 saturated carbocycles. The van der Waals surface area contributed by atoms with Gasteiger partial charge >= 0.3 is 0 Å². The summed E-state index contributed by atoms with van der Waals surface area (Å²) in [4.78, 5) is 15.5. The highest BCUT2D eigenvalue weighted by atomic mass is 32.2. The molecule has 0 unspecified atom stereocenters. The molecule has 168 valence electrons. The summed E-state index contributed by atoms with van der Waals surface area (Å²) in [5.41, 5.74) is 3.88. The van der Waals surface area contributed by atoms with Gasteiger partial charge in [0.2, 0.25) is 10.0 Å². The van der Waals surface area contributed by atoms with Gasteiger partial charge in [-0.2, -0.15) is 0 Å². The number of aromatic nitrogens is 1. The minimum atomic E-state index is -3.88. The fraction of sp³-hybridized carbons (Fsp3) is 0.542. The molecule has 2 heterocycles. The fourth-order valence-corrected chi connectivity index (χ4v) is 6.82. The van der Waals surface area contributed by atoms with E-state index in [1.54, 1.807) is 6.92 Å². The van der Waals surface area contributed by atoms with Crippen LogP contribution in [0, 0.1) is 13.8 Å². The summed E-state index contributed by atoms with van der Waals surface area (Å²) in [5, 5.41) is 0. The molecule has 2 aliphatic rings. The van der Waals surface area contributed by atoms with Crippen molar-refractivity contribution >= 4 is 15.9 Å². The molecule has 6 nitrogen and oxygen atoms in total. The van der Waals surface area contributed by atoms with Gasteiger partial charge in [0.05, 0.1) is 5.56 Å². The van der Waals surface area contributed by atoms with E-state index in [1.165, 1.54) is 5.56 Å². The molecule has 31 heavy (non-hydrogen) atoms. The maximum Gasteiger partial charge on any atom is 0.257 e. The highest BCUT2D eigenvalue weighted by molar-refractivity contribution is 7.89. The molecule has 2 aromatic rings. The second-order valence-electron chi connectivity index (χ2n) is 8.91. The van der Waals surface area contributed by atoms with E-state index in [0.717, 1.165) is 50.5 Å². The van der Waals surface area contributed by atoms with Gasteiger partial charge in [-0.3, -0.25) is 4.79 Å². The molecule has 0 spiro atoms. The lowest BCUT2D eigenvalue weighted by Gasteiger charge is -2.26. The predicted molar refractivity (Wildman–Crippen MR) is 122 cm³/mol. The Morgan fingerprint density at radius 3 is 2.39 bits per heavy atom.